The molecule has 0 spiro atoms. The predicted molar refractivity (Wildman–Crippen MR) is 38.2 cm³/mol. The van der Waals surface area contributed by atoms with Crippen molar-refractivity contribution < 1.29 is 10.0 Å². The van der Waals surface area contributed by atoms with Gasteiger partial charge in [-0.3, -0.25) is 10.0 Å². The minimum absolute atomic E-state index is 0.215. The topological polar surface area (TPSA) is 62.2 Å². The molecule has 0 aliphatic rings. The van der Waals surface area contributed by atoms with E-state index in [9.17, 15) is 4.79 Å². The summed E-state index contributed by atoms with van der Waals surface area (Å²) < 4.78 is 0. The highest BCUT2D eigenvalue weighted by Crippen LogP contribution is 1.96. The highest BCUT2D eigenvalue weighted by Gasteiger charge is 2.03. The molecule has 58 valence electrons. The van der Waals surface area contributed by atoms with Crippen LogP contribution in [0.5, 0.6) is 0 Å². The maximum Gasteiger partial charge on any atom is 0.293 e. The molecule has 0 saturated heterocycles. The Hall–Kier alpha value is -1.42. The molecule has 0 aliphatic heterocycles. The molecule has 1 rings (SSSR count). The lowest BCUT2D eigenvalue weighted by atomic mass is 10.3. The van der Waals surface area contributed by atoms with Crippen molar-refractivity contribution in [3.63, 3.8) is 0 Å². The third-order valence-corrected chi connectivity index (χ3v) is 1.22. The van der Waals surface area contributed by atoms with Gasteiger partial charge in [-0.15, -0.1) is 0 Å². The van der Waals surface area contributed by atoms with E-state index in [0.717, 1.165) is 5.69 Å². The monoisotopic (exact) mass is 152 g/mol. The first-order chi connectivity index (χ1) is 5.24. The molecule has 2 N–H and O–H groups in total. The summed E-state index contributed by atoms with van der Waals surface area (Å²) in [6.07, 6.45) is 0. The molecular formula is C7H8N2O2. The minimum Gasteiger partial charge on any atom is -0.288 e. The summed E-state index contributed by atoms with van der Waals surface area (Å²) >= 11 is 0. The van der Waals surface area contributed by atoms with E-state index in [1.165, 1.54) is 11.5 Å². The quantitative estimate of drug-likeness (QED) is 0.455. The van der Waals surface area contributed by atoms with Crippen LogP contribution >= 0.6 is 0 Å². The number of aryl methyl sites for hydroxylation is 1. The van der Waals surface area contributed by atoms with Crippen LogP contribution in [0.3, 0.4) is 0 Å². The molecule has 0 fully saturated rings. The predicted octanol–water partition coefficient (Wildman–Crippen LogP) is 0.509. The van der Waals surface area contributed by atoms with Gasteiger partial charge in [-0.1, -0.05) is 6.07 Å². The summed E-state index contributed by atoms with van der Waals surface area (Å²) in [4.78, 5) is 14.6. The van der Waals surface area contributed by atoms with Gasteiger partial charge in [0.15, 0.2) is 0 Å². The number of amides is 1. The van der Waals surface area contributed by atoms with Crippen LogP contribution in [0, 0.1) is 6.92 Å². The Morgan fingerprint density at radius 2 is 2.36 bits per heavy atom. The summed E-state index contributed by atoms with van der Waals surface area (Å²) in [5, 5.41) is 8.24. The zero-order valence-corrected chi connectivity index (χ0v) is 6.03. The summed E-state index contributed by atoms with van der Waals surface area (Å²) in [6.45, 7) is 1.77. The molecule has 0 radical (unpaired) electrons. The van der Waals surface area contributed by atoms with E-state index in [2.05, 4.69) is 4.98 Å². The van der Waals surface area contributed by atoms with Gasteiger partial charge in [-0.25, -0.2) is 10.5 Å². The molecule has 4 heteroatoms. The van der Waals surface area contributed by atoms with Crippen molar-refractivity contribution in [3.05, 3.63) is 29.6 Å². The Bertz CT molecular complexity index is 273. The lowest BCUT2D eigenvalue weighted by Gasteiger charge is -1.97. The van der Waals surface area contributed by atoms with Crippen molar-refractivity contribution in [2.75, 3.05) is 0 Å². The Morgan fingerprint density at radius 1 is 1.64 bits per heavy atom. The molecule has 0 bridgehead atoms. The number of hydrogen-bond donors (Lipinski definition) is 2. The van der Waals surface area contributed by atoms with Crippen LogP contribution in [-0.2, 0) is 0 Å². The summed E-state index contributed by atoms with van der Waals surface area (Å²) in [7, 11) is 0. The molecule has 0 unspecified atom stereocenters. The fraction of sp³-hybridized carbons (Fsp3) is 0.143. The Balaban J connectivity index is 2.96. The SMILES string of the molecule is Cc1cccc(C(=O)NO)n1. The molecule has 1 aromatic heterocycles. The lowest BCUT2D eigenvalue weighted by Crippen LogP contribution is -2.19. The van der Waals surface area contributed by atoms with Gasteiger partial charge in [0.2, 0.25) is 0 Å². The molecule has 0 atom stereocenters. The third-order valence-electron chi connectivity index (χ3n) is 1.22. The van der Waals surface area contributed by atoms with E-state index in [1.54, 1.807) is 19.1 Å². The van der Waals surface area contributed by atoms with Gasteiger partial charge >= 0.3 is 0 Å². The van der Waals surface area contributed by atoms with Crippen molar-refractivity contribution in [2.45, 2.75) is 6.92 Å². The van der Waals surface area contributed by atoms with Crippen LogP contribution in [0.15, 0.2) is 18.2 Å². The second-order valence-electron chi connectivity index (χ2n) is 2.11. The van der Waals surface area contributed by atoms with Gasteiger partial charge in [0.05, 0.1) is 0 Å². The summed E-state index contributed by atoms with van der Waals surface area (Å²) in [6, 6.07) is 5.00. The van der Waals surface area contributed by atoms with Crippen LogP contribution in [0.1, 0.15) is 16.2 Å². The number of hydrogen-bond acceptors (Lipinski definition) is 3. The number of carbonyl (C=O) groups is 1. The number of rotatable bonds is 1. The summed E-state index contributed by atoms with van der Waals surface area (Å²) in [5.74, 6) is -0.589. The Labute approximate surface area is 63.8 Å². The zero-order chi connectivity index (χ0) is 8.27. The van der Waals surface area contributed by atoms with E-state index in [0.29, 0.717) is 0 Å². The van der Waals surface area contributed by atoms with Gasteiger partial charge in [0, 0.05) is 5.69 Å². The molecular weight excluding hydrogens is 144 g/mol. The molecule has 1 aromatic rings. The van der Waals surface area contributed by atoms with Gasteiger partial charge < -0.3 is 0 Å². The van der Waals surface area contributed by atoms with Crippen molar-refractivity contribution in [1.82, 2.24) is 10.5 Å². The molecule has 11 heavy (non-hydrogen) atoms. The second-order valence-corrected chi connectivity index (χ2v) is 2.11. The third kappa shape index (κ3) is 1.75. The van der Waals surface area contributed by atoms with Gasteiger partial charge in [-0.2, -0.15) is 0 Å². The van der Waals surface area contributed by atoms with Gasteiger partial charge in [-0.05, 0) is 19.1 Å². The van der Waals surface area contributed by atoms with Crippen LogP contribution < -0.4 is 5.48 Å². The molecule has 1 heterocycles. The largest absolute Gasteiger partial charge is 0.293 e. The highest BCUT2D eigenvalue weighted by atomic mass is 16.5. The maximum absolute atomic E-state index is 10.7. The van der Waals surface area contributed by atoms with E-state index in [4.69, 9.17) is 5.21 Å². The maximum atomic E-state index is 10.7. The van der Waals surface area contributed by atoms with E-state index >= 15 is 0 Å². The van der Waals surface area contributed by atoms with Crippen molar-refractivity contribution in [1.29, 1.82) is 0 Å². The van der Waals surface area contributed by atoms with Gasteiger partial charge in [0.25, 0.3) is 5.91 Å². The van der Waals surface area contributed by atoms with Crippen LogP contribution in [0.4, 0.5) is 0 Å². The van der Waals surface area contributed by atoms with Crippen LogP contribution in [-0.4, -0.2) is 16.1 Å². The smallest absolute Gasteiger partial charge is 0.288 e. The second kappa shape index (κ2) is 3.12. The molecule has 4 nitrogen and oxygen atoms in total. The fourth-order valence-corrected chi connectivity index (χ4v) is 0.727. The first kappa shape index (κ1) is 7.68. The van der Waals surface area contributed by atoms with Crippen LogP contribution in [0.2, 0.25) is 0 Å². The minimum atomic E-state index is -0.589. The number of hydroxylamine groups is 1. The summed E-state index contributed by atoms with van der Waals surface area (Å²) in [5.41, 5.74) is 2.46. The number of aromatic nitrogens is 1. The van der Waals surface area contributed by atoms with Crippen molar-refractivity contribution >= 4 is 5.91 Å². The molecule has 0 aromatic carbocycles. The standard InChI is InChI=1S/C7H8N2O2/c1-5-3-2-4-6(8-5)7(10)9-11/h2-4,11H,1H3,(H,9,10). The van der Waals surface area contributed by atoms with Crippen molar-refractivity contribution in [2.24, 2.45) is 0 Å². The number of pyridine rings is 1. The Morgan fingerprint density at radius 3 is 2.91 bits per heavy atom. The average molecular weight is 152 g/mol. The number of nitrogens with zero attached hydrogens (tertiary/aromatic N) is 1. The molecule has 1 amide bonds. The van der Waals surface area contributed by atoms with E-state index < -0.39 is 5.91 Å². The number of carbonyl (C=O) groups excluding carboxylic acids is 1. The average Bonchev–Trinajstić information content (AvgIpc) is 2.03. The van der Waals surface area contributed by atoms with Crippen LogP contribution in [0.25, 0.3) is 0 Å². The zero-order valence-electron chi connectivity index (χ0n) is 6.03. The van der Waals surface area contributed by atoms with Gasteiger partial charge in [0.1, 0.15) is 5.69 Å². The highest BCUT2D eigenvalue weighted by molar-refractivity contribution is 5.91. The van der Waals surface area contributed by atoms with Crippen molar-refractivity contribution in [3.8, 4) is 0 Å². The number of nitrogens with one attached hydrogen (secondary N) is 1. The normalized spacial score (nSPS) is 9.27. The first-order valence-electron chi connectivity index (χ1n) is 3.12. The first-order valence-corrected chi connectivity index (χ1v) is 3.12. The van der Waals surface area contributed by atoms with E-state index in [1.807, 2.05) is 0 Å². The molecule has 0 aliphatic carbocycles. The lowest BCUT2D eigenvalue weighted by molar-refractivity contribution is 0.0700. The van der Waals surface area contributed by atoms with E-state index in [-0.39, 0.29) is 5.69 Å². The Kier molecular flexibility index (Phi) is 2.18. The molecule has 0 saturated carbocycles. The fourth-order valence-electron chi connectivity index (χ4n) is 0.727.